The summed E-state index contributed by atoms with van der Waals surface area (Å²) < 4.78 is 0. The summed E-state index contributed by atoms with van der Waals surface area (Å²) in [5, 5.41) is 9.45. The Bertz CT molecular complexity index is 591. The molecular formula is C15H19Cl2N3O3. The second kappa shape index (κ2) is 9.37. The molecule has 1 atom stereocenters. The van der Waals surface area contributed by atoms with Crippen molar-refractivity contribution in [3.63, 3.8) is 0 Å². The van der Waals surface area contributed by atoms with Gasteiger partial charge in [0.25, 0.3) is 11.8 Å². The summed E-state index contributed by atoms with van der Waals surface area (Å²) in [6.45, 7) is 5.64. The van der Waals surface area contributed by atoms with E-state index in [-0.39, 0.29) is 18.6 Å². The van der Waals surface area contributed by atoms with Crippen molar-refractivity contribution in [3.05, 3.63) is 28.2 Å². The topological polar surface area (TPSA) is 79.8 Å². The van der Waals surface area contributed by atoms with Crippen LogP contribution in [0, 0.1) is 5.92 Å². The lowest BCUT2D eigenvalue weighted by Gasteiger charge is -2.16. The number of benzene rings is 1. The fraction of sp³-hybridized carbons (Fsp3) is 0.400. The van der Waals surface area contributed by atoms with Gasteiger partial charge in [-0.2, -0.15) is 0 Å². The second-order valence-electron chi connectivity index (χ2n) is 5.23. The normalized spacial score (nSPS) is 12.3. The standard InChI is InChI=1S/C15H19Cl2N3O3/c1-9(2)10(3)19-15(22)8-23-18-7-14(21)20-11-4-5-12(16)13(17)6-11/h4-7,9-10H,8H2,1-3H3,(H,19,22)(H,20,21)/b18-7-/t10-/m1/s1. The first kappa shape index (κ1) is 19.3. The molecule has 6 nitrogen and oxygen atoms in total. The summed E-state index contributed by atoms with van der Waals surface area (Å²) in [4.78, 5) is 27.9. The first-order valence-corrected chi connectivity index (χ1v) is 7.76. The lowest BCUT2D eigenvalue weighted by molar-refractivity contribution is -0.126. The highest BCUT2D eigenvalue weighted by molar-refractivity contribution is 6.42. The van der Waals surface area contributed by atoms with Gasteiger partial charge in [-0.05, 0) is 31.0 Å². The number of amides is 2. The van der Waals surface area contributed by atoms with E-state index < -0.39 is 5.91 Å². The molecule has 23 heavy (non-hydrogen) atoms. The lowest BCUT2D eigenvalue weighted by atomic mass is 10.1. The fourth-order valence-electron chi connectivity index (χ4n) is 1.39. The van der Waals surface area contributed by atoms with Gasteiger partial charge < -0.3 is 15.5 Å². The van der Waals surface area contributed by atoms with Gasteiger partial charge in [0, 0.05) is 11.7 Å². The van der Waals surface area contributed by atoms with Crippen LogP contribution in [0.15, 0.2) is 23.4 Å². The number of carbonyl (C=O) groups excluding carboxylic acids is 2. The number of carbonyl (C=O) groups is 2. The van der Waals surface area contributed by atoms with E-state index in [0.29, 0.717) is 21.7 Å². The summed E-state index contributed by atoms with van der Waals surface area (Å²) in [7, 11) is 0. The van der Waals surface area contributed by atoms with Crippen molar-refractivity contribution in [3.8, 4) is 0 Å². The molecule has 0 bridgehead atoms. The minimum Gasteiger partial charge on any atom is -0.386 e. The molecule has 1 aromatic carbocycles. The van der Waals surface area contributed by atoms with Crippen LogP contribution < -0.4 is 10.6 Å². The number of anilines is 1. The van der Waals surface area contributed by atoms with Crippen LogP contribution in [0.1, 0.15) is 20.8 Å². The number of rotatable bonds is 7. The van der Waals surface area contributed by atoms with Crippen molar-refractivity contribution in [2.24, 2.45) is 11.1 Å². The van der Waals surface area contributed by atoms with Crippen molar-refractivity contribution in [2.75, 3.05) is 11.9 Å². The summed E-state index contributed by atoms with van der Waals surface area (Å²) in [5.41, 5.74) is 0.472. The Morgan fingerprint density at radius 1 is 1.26 bits per heavy atom. The first-order chi connectivity index (χ1) is 10.8. The van der Waals surface area contributed by atoms with Crippen molar-refractivity contribution in [1.29, 1.82) is 0 Å². The van der Waals surface area contributed by atoms with E-state index in [9.17, 15) is 9.59 Å². The van der Waals surface area contributed by atoms with E-state index in [2.05, 4.69) is 15.8 Å². The van der Waals surface area contributed by atoms with Crippen LogP contribution in [0.5, 0.6) is 0 Å². The molecule has 0 aliphatic rings. The van der Waals surface area contributed by atoms with Crippen LogP contribution in [-0.2, 0) is 14.4 Å². The Labute approximate surface area is 145 Å². The highest BCUT2D eigenvalue weighted by Crippen LogP contribution is 2.24. The number of nitrogens with zero attached hydrogens (tertiary/aromatic N) is 1. The molecule has 0 spiro atoms. The lowest BCUT2D eigenvalue weighted by Crippen LogP contribution is -2.38. The minimum absolute atomic E-state index is 0.0352. The van der Waals surface area contributed by atoms with Gasteiger partial charge in [-0.3, -0.25) is 9.59 Å². The summed E-state index contributed by atoms with van der Waals surface area (Å²) in [5.74, 6) is -0.494. The number of halogens is 2. The predicted octanol–water partition coefficient (Wildman–Crippen LogP) is 3.10. The summed E-state index contributed by atoms with van der Waals surface area (Å²) in [6.07, 6.45) is 0.932. The maximum atomic E-state index is 11.6. The smallest absolute Gasteiger partial charge is 0.270 e. The minimum atomic E-state index is -0.514. The van der Waals surface area contributed by atoms with Crippen LogP contribution in [0.25, 0.3) is 0 Å². The molecule has 0 radical (unpaired) electrons. The maximum absolute atomic E-state index is 11.6. The van der Waals surface area contributed by atoms with Crippen LogP contribution in [0.4, 0.5) is 5.69 Å². The highest BCUT2D eigenvalue weighted by atomic mass is 35.5. The molecule has 0 fully saturated rings. The molecule has 0 unspecified atom stereocenters. The highest BCUT2D eigenvalue weighted by Gasteiger charge is 2.10. The van der Waals surface area contributed by atoms with Crippen molar-refractivity contribution >= 4 is 46.9 Å². The van der Waals surface area contributed by atoms with E-state index in [4.69, 9.17) is 28.0 Å². The van der Waals surface area contributed by atoms with Crippen LogP contribution >= 0.6 is 23.2 Å². The number of hydrogen-bond acceptors (Lipinski definition) is 4. The third-order valence-electron chi connectivity index (χ3n) is 3.02. The average molecular weight is 360 g/mol. The van der Waals surface area contributed by atoms with Crippen LogP contribution in [0.2, 0.25) is 10.0 Å². The van der Waals surface area contributed by atoms with Gasteiger partial charge in [-0.1, -0.05) is 42.2 Å². The van der Waals surface area contributed by atoms with Crippen molar-refractivity contribution in [2.45, 2.75) is 26.8 Å². The van der Waals surface area contributed by atoms with E-state index in [0.717, 1.165) is 6.21 Å². The van der Waals surface area contributed by atoms with E-state index in [1.54, 1.807) is 12.1 Å². The molecule has 2 N–H and O–H groups in total. The number of hydrogen-bond donors (Lipinski definition) is 2. The van der Waals surface area contributed by atoms with E-state index in [1.807, 2.05) is 20.8 Å². The Morgan fingerprint density at radius 3 is 2.57 bits per heavy atom. The molecule has 0 aliphatic carbocycles. The van der Waals surface area contributed by atoms with Gasteiger partial charge in [-0.15, -0.1) is 0 Å². The molecule has 0 saturated carbocycles. The predicted molar refractivity (Wildman–Crippen MR) is 92.0 cm³/mol. The SMILES string of the molecule is CC(C)[C@@H](C)NC(=O)CO/N=C\C(=O)Nc1ccc(Cl)c(Cl)c1. The molecule has 0 aromatic heterocycles. The molecule has 1 aromatic rings. The third-order valence-corrected chi connectivity index (χ3v) is 3.75. The van der Waals surface area contributed by atoms with Crippen molar-refractivity contribution < 1.29 is 14.4 Å². The molecular weight excluding hydrogens is 341 g/mol. The van der Waals surface area contributed by atoms with E-state index in [1.165, 1.54) is 6.07 Å². The first-order valence-electron chi connectivity index (χ1n) is 7.00. The third kappa shape index (κ3) is 7.34. The molecule has 2 amide bonds. The summed E-state index contributed by atoms with van der Waals surface area (Å²) in [6, 6.07) is 4.71. The molecule has 126 valence electrons. The molecule has 0 heterocycles. The van der Waals surface area contributed by atoms with Gasteiger partial charge in [-0.25, -0.2) is 0 Å². The Balaban J connectivity index is 2.35. The van der Waals surface area contributed by atoms with Gasteiger partial charge in [0.15, 0.2) is 6.61 Å². The van der Waals surface area contributed by atoms with E-state index >= 15 is 0 Å². The molecule has 8 heteroatoms. The maximum Gasteiger partial charge on any atom is 0.270 e. The largest absolute Gasteiger partial charge is 0.386 e. The Morgan fingerprint density at radius 2 is 1.96 bits per heavy atom. The number of oxime groups is 1. The fourth-order valence-corrected chi connectivity index (χ4v) is 1.69. The van der Waals surface area contributed by atoms with Gasteiger partial charge >= 0.3 is 0 Å². The zero-order valence-corrected chi connectivity index (χ0v) is 14.6. The number of nitrogens with one attached hydrogen (secondary N) is 2. The molecule has 1 rings (SSSR count). The zero-order valence-electron chi connectivity index (χ0n) is 13.1. The van der Waals surface area contributed by atoms with Crippen LogP contribution in [-0.4, -0.2) is 30.7 Å². The quantitative estimate of drug-likeness (QED) is 0.579. The molecule has 0 aliphatic heterocycles. The van der Waals surface area contributed by atoms with Crippen LogP contribution in [0.3, 0.4) is 0 Å². The Hall–Kier alpha value is -1.79. The second-order valence-corrected chi connectivity index (χ2v) is 6.04. The van der Waals surface area contributed by atoms with Gasteiger partial charge in [0.1, 0.15) is 6.21 Å². The monoisotopic (exact) mass is 359 g/mol. The van der Waals surface area contributed by atoms with Crippen molar-refractivity contribution in [1.82, 2.24) is 5.32 Å². The van der Waals surface area contributed by atoms with Gasteiger partial charge in [0.2, 0.25) is 0 Å². The zero-order chi connectivity index (χ0) is 17.4. The molecule has 0 saturated heterocycles. The Kier molecular flexibility index (Phi) is 7.85. The summed E-state index contributed by atoms with van der Waals surface area (Å²) >= 11 is 11.6. The van der Waals surface area contributed by atoms with Gasteiger partial charge in [0.05, 0.1) is 10.0 Å². The average Bonchev–Trinajstić information content (AvgIpc) is 2.47.